The van der Waals surface area contributed by atoms with Crippen molar-refractivity contribution >= 4 is 5.97 Å². The van der Waals surface area contributed by atoms with Crippen molar-refractivity contribution in [2.24, 2.45) is 17.3 Å². The zero-order valence-electron chi connectivity index (χ0n) is 17.2. The largest absolute Gasteiger partial charge is 0.481 e. The standard InChI is InChI=1S/C23H38O4/c1-5-6-15-23(3,4)21(25)14-13-19-18(17(2)16-20(19)24)11-9-7-8-10-12-22(26)27/h7,9,13-14,18-21,24-25H,2,5-6,8,10-12,15-16H2,1,3-4H3,(H,26,27)/b9-7-,14-13+/t18-,19+,20+,21?/m0/s1. The third-order valence-electron chi connectivity index (χ3n) is 5.71. The highest BCUT2D eigenvalue weighted by Gasteiger charge is 2.35. The van der Waals surface area contributed by atoms with E-state index < -0.39 is 18.2 Å². The summed E-state index contributed by atoms with van der Waals surface area (Å²) in [5, 5.41) is 29.6. The first-order valence-corrected chi connectivity index (χ1v) is 10.3. The molecule has 154 valence electrons. The van der Waals surface area contributed by atoms with E-state index in [9.17, 15) is 15.0 Å². The van der Waals surface area contributed by atoms with E-state index >= 15 is 0 Å². The molecule has 1 unspecified atom stereocenters. The molecular weight excluding hydrogens is 340 g/mol. The second kappa shape index (κ2) is 11.5. The van der Waals surface area contributed by atoms with Crippen LogP contribution in [0.2, 0.25) is 0 Å². The molecule has 4 atom stereocenters. The summed E-state index contributed by atoms with van der Waals surface area (Å²) < 4.78 is 0. The summed E-state index contributed by atoms with van der Waals surface area (Å²) in [5.41, 5.74) is 0.874. The lowest BCUT2D eigenvalue weighted by atomic mass is 9.80. The minimum atomic E-state index is -0.763. The van der Waals surface area contributed by atoms with Gasteiger partial charge in [-0.15, -0.1) is 0 Å². The van der Waals surface area contributed by atoms with Crippen LogP contribution in [0.5, 0.6) is 0 Å². The van der Waals surface area contributed by atoms with Crippen molar-refractivity contribution in [1.29, 1.82) is 0 Å². The van der Waals surface area contributed by atoms with Crippen LogP contribution < -0.4 is 0 Å². The first-order valence-electron chi connectivity index (χ1n) is 10.3. The molecule has 1 aliphatic carbocycles. The summed E-state index contributed by atoms with van der Waals surface area (Å²) in [5.74, 6) is -0.628. The number of aliphatic hydroxyl groups excluding tert-OH is 2. The van der Waals surface area contributed by atoms with Gasteiger partial charge in [0.05, 0.1) is 12.2 Å². The number of aliphatic carboxylic acids is 1. The van der Waals surface area contributed by atoms with E-state index in [1.807, 2.05) is 18.2 Å². The van der Waals surface area contributed by atoms with Crippen molar-refractivity contribution in [2.45, 2.75) is 84.3 Å². The van der Waals surface area contributed by atoms with Crippen LogP contribution in [-0.2, 0) is 4.79 Å². The van der Waals surface area contributed by atoms with Gasteiger partial charge >= 0.3 is 5.97 Å². The number of carboxylic acids is 1. The van der Waals surface area contributed by atoms with E-state index in [4.69, 9.17) is 5.11 Å². The van der Waals surface area contributed by atoms with E-state index in [0.29, 0.717) is 12.8 Å². The maximum Gasteiger partial charge on any atom is 0.303 e. The monoisotopic (exact) mass is 378 g/mol. The molecule has 0 aromatic rings. The van der Waals surface area contributed by atoms with Gasteiger partial charge in [0.15, 0.2) is 0 Å². The van der Waals surface area contributed by atoms with Gasteiger partial charge in [-0.3, -0.25) is 4.79 Å². The van der Waals surface area contributed by atoms with Crippen LogP contribution in [-0.4, -0.2) is 33.5 Å². The fourth-order valence-electron chi connectivity index (χ4n) is 3.69. The second-order valence-electron chi connectivity index (χ2n) is 8.53. The molecule has 0 heterocycles. The summed E-state index contributed by atoms with van der Waals surface area (Å²) in [7, 11) is 0. The maximum atomic E-state index is 10.6. The Balaban J connectivity index is 2.63. The molecule has 0 radical (unpaired) electrons. The molecule has 0 bridgehead atoms. The molecule has 4 nitrogen and oxygen atoms in total. The quantitative estimate of drug-likeness (QED) is 0.334. The summed E-state index contributed by atoms with van der Waals surface area (Å²) >= 11 is 0. The Morgan fingerprint density at radius 1 is 1.33 bits per heavy atom. The van der Waals surface area contributed by atoms with E-state index in [1.165, 1.54) is 0 Å². The lowest BCUT2D eigenvalue weighted by molar-refractivity contribution is -0.137. The van der Waals surface area contributed by atoms with Crippen molar-refractivity contribution in [3.8, 4) is 0 Å². The Morgan fingerprint density at radius 3 is 2.67 bits per heavy atom. The van der Waals surface area contributed by atoms with Gasteiger partial charge in [0.2, 0.25) is 0 Å². The first-order chi connectivity index (χ1) is 12.7. The zero-order chi connectivity index (χ0) is 20.4. The summed E-state index contributed by atoms with van der Waals surface area (Å²) in [6.07, 6.45) is 13.1. The molecule has 1 fully saturated rings. The van der Waals surface area contributed by atoms with Crippen molar-refractivity contribution in [1.82, 2.24) is 0 Å². The number of carboxylic acid groups (broad SMARTS) is 1. The van der Waals surface area contributed by atoms with Gasteiger partial charge in [-0.2, -0.15) is 0 Å². The van der Waals surface area contributed by atoms with E-state index in [0.717, 1.165) is 37.7 Å². The minimum absolute atomic E-state index is 0.0298. The smallest absolute Gasteiger partial charge is 0.303 e. The van der Waals surface area contributed by atoms with Gasteiger partial charge in [-0.05, 0) is 43.4 Å². The Hall–Kier alpha value is -1.39. The third kappa shape index (κ3) is 8.02. The normalized spacial score (nSPS) is 24.9. The molecule has 4 heteroatoms. The van der Waals surface area contributed by atoms with Crippen LogP contribution >= 0.6 is 0 Å². The Labute approximate surface area is 164 Å². The number of hydrogen-bond donors (Lipinski definition) is 3. The van der Waals surface area contributed by atoms with Gasteiger partial charge in [0.25, 0.3) is 0 Å². The lowest BCUT2D eigenvalue weighted by Gasteiger charge is -2.29. The average molecular weight is 379 g/mol. The highest BCUT2D eigenvalue weighted by molar-refractivity contribution is 5.66. The SMILES string of the molecule is C=C1C[C@@H](O)[C@H](/C=C/C(O)C(C)(C)CCCC)[C@H]1C/C=C\CCCC(=O)O. The fraction of sp³-hybridized carbons (Fsp3) is 0.696. The molecule has 1 rings (SSSR count). The van der Waals surface area contributed by atoms with Gasteiger partial charge in [-0.1, -0.05) is 70.1 Å². The fourth-order valence-corrected chi connectivity index (χ4v) is 3.69. The first kappa shape index (κ1) is 23.6. The van der Waals surface area contributed by atoms with E-state index in [-0.39, 0.29) is 23.7 Å². The highest BCUT2D eigenvalue weighted by Crippen LogP contribution is 2.40. The molecule has 1 saturated carbocycles. The van der Waals surface area contributed by atoms with Crippen LogP contribution in [0.3, 0.4) is 0 Å². The molecule has 0 spiro atoms. The van der Waals surface area contributed by atoms with E-state index in [1.54, 1.807) is 0 Å². The molecule has 0 aliphatic heterocycles. The van der Waals surface area contributed by atoms with Gasteiger partial charge in [0, 0.05) is 12.3 Å². The Kier molecular flexibility index (Phi) is 10.0. The van der Waals surface area contributed by atoms with Crippen LogP contribution in [0.15, 0.2) is 36.5 Å². The molecule has 0 aromatic heterocycles. The average Bonchev–Trinajstić information content (AvgIpc) is 2.86. The zero-order valence-corrected chi connectivity index (χ0v) is 17.2. The van der Waals surface area contributed by atoms with Gasteiger partial charge in [0.1, 0.15) is 0 Å². The Bertz CT molecular complexity index is 532. The van der Waals surface area contributed by atoms with E-state index in [2.05, 4.69) is 33.4 Å². The minimum Gasteiger partial charge on any atom is -0.481 e. The van der Waals surface area contributed by atoms with Crippen molar-refractivity contribution < 1.29 is 20.1 Å². The molecule has 1 aliphatic rings. The molecule has 0 amide bonds. The van der Waals surface area contributed by atoms with Crippen molar-refractivity contribution in [3.05, 3.63) is 36.5 Å². The predicted molar refractivity (Wildman–Crippen MR) is 110 cm³/mol. The van der Waals surface area contributed by atoms with Crippen LogP contribution in [0, 0.1) is 17.3 Å². The number of aliphatic hydroxyl groups is 2. The summed E-state index contributed by atoms with van der Waals surface area (Å²) in [6, 6.07) is 0. The molecular formula is C23H38O4. The number of carbonyl (C=O) groups is 1. The summed E-state index contributed by atoms with van der Waals surface area (Å²) in [4.78, 5) is 10.5. The topological polar surface area (TPSA) is 77.8 Å². The highest BCUT2D eigenvalue weighted by atomic mass is 16.4. The number of allylic oxidation sites excluding steroid dienone is 2. The molecule has 0 saturated heterocycles. The summed E-state index contributed by atoms with van der Waals surface area (Å²) in [6.45, 7) is 10.4. The van der Waals surface area contributed by atoms with Crippen LogP contribution in [0.25, 0.3) is 0 Å². The second-order valence-corrected chi connectivity index (χ2v) is 8.53. The number of unbranched alkanes of at least 4 members (excludes halogenated alkanes) is 2. The lowest BCUT2D eigenvalue weighted by Crippen LogP contribution is -2.28. The Morgan fingerprint density at radius 2 is 2.04 bits per heavy atom. The molecule has 3 N–H and O–H groups in total. The third-order valence-corrected chi connectivity index (χ3v) is 5.71. The van der Waals surface area contributed by atoms with Crippen molar-refractivity contribution in [3.63, 3.8) is 0 Å². The van der Waals surface area contributed by atoms with Crippen LogP contribution in [0.1, 0.15) is 72.1 Å². The van der Waals surface area contributed by atoms with Gasteiger partial charge in [-0.25, -0.2) is 0 Å². The predicted octanol–water partition coefficient (Wildman–Crippen LogP) is 4.87. The number of rotatable bonds is 12. The van der Waals surface area contributed by atoms with Gasteiger partial charge < -0.3 is 15.3 Å². The molecule has 27 heavy (non-hydrogen) atoms. The molecule has 0 aromatic carbocycles. The number of hydrogen-bond acceptors (Lipinski definition) is 3. The van der Waals surface area contributed by atoms with Crippen LogP contribution in [0.4, 0.5) is 0 Å². The van der Waals surface area contributed by atoms with Crippen molar-refractivity contribution in [2.75, 3.05) is 0 Å². The maximum absolute atomic E-state index is 10.6.